The van der Waals surface area contributed by atoms with Gasteiger partial charge in [-0.25, -0.2) is 4.98 Å². The molecular weight excluding hydrogens is 307 g/mol. The summed E-state index contributed by atoms with van der Waals surface area (Å²) in [5.74, 6) is -0.267. The molecule has 1 aliphatic rings. The van der Waals surface area contributed by atoms with Crippen molar-refractivity contribution in [3.8, 4) is 0 Å². The van der Waals surface area contributed by atoms with Gasteiger partial charge < -0.3 is 10.2 Å². The smallest absolute Gasteiger partial charge is 0.336 e. The molecule has 1 saturated heterocycles. The number of halogens is 4. The fraction of sp³-hybridized carbons (Fsp3) is 0.538. The number of aromatic nitrogens is 1. The summed E-state index contributed by atoms with van der Waals surface area (Å²) < 4.78 is 37.6. The van der Waals surface area contributed by atoms with E-state index >= 15 is 0 Å². The predicted octanol–water partition coefficient (Wildman–Crippen LogP) is 2.26. The molecule has 1 aromatic rings. The van der Waals surface area contributed by atoms with Crippen molar-refractivity contribution in [1.82, 2.24) is 15.2 Å². The summed E-state index contributed by atoms with van der Waals surface area (Å²) in [6.45, 7) is 5.15. The molecule has 1 aliphatic heterocycles. The summed E-state index contributed by atoms with van der Waals surface area (Å²) in [6.07, 6.45) is -4.49. The Hall–Kier alpha value is -1.34. The first-order valence-electron chi connectivity index (χ1n) is 6.36. The first kappa shape index (κ1) is 17.7. The van der Waals surface area contributed by atoms with Crippen molar-refractivity contribution in [3.05, 3.63) is 29.1 Å². The zero-order valence-corrected chi connectivity index (χ0v) is 12.5. The third-order valence-corrected chi connectivity index (χ3v) is 3.26. The second-order valence-electron chi connectivity index (χ2n) is 4.93. The van der Waals surface area contributed by atoms with E-state index in [2.05, 4.69) is 10.3 Å². The zero-order valence-electron chi connectivity index (χ0n) is 11.7. The predicted molar refractivity (Wildman–Crippen MR) is 74.6 cm³/mol. The number of carbonyl (C=O) groups excluding carboxylic acids is 1. The number of amides is 1. The lowest BCUT2D eigenvalue weighted by molar-refractivity contribution is -0.141. The third kappa shape index (κ3) is 4.07. The van der Waals surface area contributed by atoms with E-state index in [1.807, 2.05) is 6.92 Å². The van der Waals surface area contributed by atoms with Crippen molar-refractivity contribution in [2.45, 2.75) is 26.1 Å². The highest BCUT2D eigenvalue weighted by molar-refractivity contribution is 5.95. The van der Waals surface area contributed by atoms with E-state index in [-0.39, 0.29) is 35.6 Å². The minimum atomic E-state index is -4.49. The molecule has 4 nitrogen and oxygen atoms in total. The molecule has 1 unspecified atom stereocenters. The number of piperazine rings is 1. The lowest BCUT2D eigenvalue weighted by Gasteiger charge is -2.32. The van der Waals surface area contributed by atoms with Crippen LogP contribution in [0.25, 0.3) is 0 Å². The van der Waals surface area contributed by atoms with E-state index in [0.717, 1.165) is 6.07 Å². The molecule has 1 atom stereocenters. The van der Waals surface area contributed by atoms with Crippen LogP contribution in [0.15, 0.2) is 12.1 Å². The molecule has 1 N–H and O–H groups in total. The number of alkyl halides is 3. The number of nitrogens with zero attached hydrogens (tertiary/aromatic N) is 2. The number of nitrogens with one attached hydrogen (secondary N) is 1. The highest BCUT2D eigenvalue weighted by Crippen LogP contribution is 2.28. The van der Waals surface area contributed by atoms with E-state index in [0.29, 0.717) is 19.6 Å². The topological polar surface area (TPSA) is 45.2 Å². The van der Waals surface area contributed by atoms with E-state index in [9.17, 15) is 18.0 Å². The van der Waals surface area contributed by atoms with Crippen molar-refractivity contribution in [2.75, 3.05) is 19.6 Å². The number of carbonyl (C=O) groups is 1. The average Bonchev–Trinajstić information content (AvgIpc) is 2.36. The zero-order chi connectivity index (χ0) is 14.9. The highest BCUT2D eigenvalue weighted by atomic mass is 35.5. The Morgan fingerprint density at radius 3 is 2.62 bits per heavy atom. The normalized spacial score (nSPS) is 19.1. The van der Waals surface area contributed by atoms with Crippen LogP contribution in [0.1, 0.15) is 28.7 Å². The Labute approximate surface area is 127 Å². The van der Waals surface area contributed by atoms with E-state index in [1.54, 1.807) is 4.90 Å². The summed E-state index contributed by atoms with van der Waals surface area (Å²) in [5.41, 5.74) is -0.636. The van der Waals surface area contributed by atoms with Gasteiger partial charge in [0.05, 0.1) is 11.3 Å². The molecule has 0 bridgehead atoms. The van der Waals surface area contributed by atoms with Crippen molar-refractivity contribution in [3.63, 3.8) is 0 Å². The maximum absolute atomic E-state index is 12.5. The summed E-state index contributed by atoms with van der Waals surface area (Å²) >= 11 is 0. The highest BCUT2D eigenvalue weighted by Gasteiger charge is 2.33. The number of hydrogen-bond donors (Lipinski definition) is 1. The molecule has 8 heteroatoms. The summed E-state index contributed by atoms with van der Waals surface area (Å²) in [6, 6.07) is 2.24. The Morgan fingerprint density at radius 1 is 1.43 bits per heavy atom. The van der Waals surface area contributed by atoms with Gasteiger partial charge in [0, 0.05) is 25.7 Å². The van der Waals surface area contributed by atoms with Gasteiger partial charge in [0.25, 0.3) is 5.91 Å². The SMILES string of the molecule is Cc1nc(C(F)(F)F)ccc1C(=O)N1CCNC(C)C1.Cl. The maximum atomic E-state index is 12.5. The molecule has 2 rings (SSSR count). The lowest BCUT2D eigenvalue weighted by atomic mass is 10.1. The fourth-order valence-corrected chi connectivity index (χ4v) is 2.23. The van der Waals surface area contributed by atoms with Crippen molar-refractivity contribution in [1.29, 1.82) is 0 Å². The van der Waals surface area contributed by atoms with Gasteiger partial charge in [-0.2, -0.15) is 13.2 Å². The molecule has 1 amide bonds. The van der Waals surface area contributed by atoms with Gasteiger partial charge >= 0.3 is 6.18 Å². The Kier molecular flexibility index (Phi) is 5.58. The summed E-state index contributed by atoms with van der Waals surface area (Å²) in [4.78, 5) is 17.4. The quantitative estimate of drug-likeness (QED) is 0.862. The number of hydrogen-bond acceptors (Lipinski definition) is 3. The second-order valence-corrected chi connectivity index (χ2v) is 4.93. The van der Waals surface area contributed by atoms with Crippen LogP contribution in [0.2, 0.25) is 0 Å². The minimum Gasteiger partial charge on any atom is -0.336 e. The van der Waals surface area contributed by atoms with Crippen LogP contribution in [-0.2, 0) is 6.18 Å². The number of aryl methyl sites for hydroxylation is 1. The average molecular weight is 324 g/mol. The molecule has 2 heterocycles. The van der Waals surface area contributed by atoms with Crippen molar-refractivity contribution >= 4 is 18.3 Å². The van der Waals surface area contributed by atoms with E-state index < -0.39 is 11.9 Å². The van der Waals surface area contributed by atoms with Crippen LogP contribution in [0.5, 0.6) is 0 Å². The molecule has 0 aromatic carbocycles. The van der Waals surface area contributed by atoms with Gasteiger partial charge in [0.2, 0.25) is 0 Å². The van der Waals surface area contributed by atoms with Gasteiger partial charge in [-0.15, -0.1) is 12.4 Å². The molecule has 0 saturated carbocycles. The van der Waals surface area contributed by atoms with Crippen LogP contribution in [0, 0.1) is 6.92 Å². The van der Waals surface area contributed by atoms with Gasteiger partial charge in [-0.3, -0.25) is 4.79 Å². The molecule has 21 heavy (non-hydrogen) atoms. The largest absolute Gasteiger partial charge is 0.433 e. The lowest BCUT2D eigenvalue weighted by Crippen LogP contribution is -2.51. The number of pyridine rings is 1. The van der Waals surface area contributed by atoms with Gasteiger partial charge in [-0.05, 0) is 26.0 Å². The first-order chi connectivity index (χ1) is 9.29. The van der Waals surface area contributed by atoms with E-state index in [4.69, 9.17) is 0 Å². The van der Waals surface area contributed by atoms with Crippen molar-refractivity contribution in [2.24, 2.45) is 0 Å². The summed E-state index contributed by atoms with van der Waals surface area (Å²) in [5, 5.41) is 3.20. The maximum Gasteiger partial charge on any atom is 0.433 e. The Bertz CT molecular complexity index is 522. The minimum absolute atomic E-state index is 0. The first-order valence-corrected chi connectivity index (χ1v) is 6.36. The Morgan fingerprint density at radius 2 is 2.10 bits per heavy atom. The van der Waals surface area contributed by atoms with Crippen LogP contribution < -0.4 is 5.32 Å². The van der Waals surface area contributed by atoms with Gasteiger partial charge in [-0.1, -0.05) is 0 Å². The standard InChI is InChI=1S/C13H16F3N3O.ClH/c1-8-7-19(6-5-17-8)12(20)10-3-4-11(13(14,15)16)18-9(10)2;/h3-4,8,17H,5-7H2,1-2H3;1H. The van der Waals surface area contributed by atoms with Crippen molar-refractivity contribution < 1.29 is 18.0 Å². The van der Waals surface area contributed by atoms with Crippen LogP contribution in [0.4, 0.5) is 13.2 Å². The molecule has 0 spiro atoms. The second kappa shape index (κ2) is 6.62. The monoisotopic (exact) mass is 323 g/mol. The number of rotatable bonds is 1. The van der Waals surface area contributed by atoms with E-state index in [1.165, 1.54) is 13.0 Å². The molecule has 1 aromatic heterocycles. The Balaban J connectivity index is 0.00000220. The summed E-state index contributed by atoms with van der Waals surface area (Å²) in [7, 11) is 0. The van der Waals surface area contributed by atoms with Crippen LogP contribution in [-0.4, -0.2) is 41.5 Å². The molecular formula is C13H17ClF3N3O. The van der Waals surface area contributed by atoms with Crippen LogP contribution >= 0.6 is 12.4 Å². The fourth-order valence-electron chi connectivity index (χ4n) is 2.23. The molecule has 0 aliphatic carbocycles. The van der Waals surface area contributed by atoms with Crippen LogP contribution in [0.3, 0.4) is 0 Å². The van der Waals surface area contributed by atoms with Gasteiger partial charge in [0.15, 0.2) is 0 Å². The molecule has 1 fully saturated rings. The van der Waals surface area contributed by atoms with Gasteiger partial charge in [0.1, 0.15) is 5.69 Å². The third-order valence-electron chi connectivity index (χ3n) is 3.26. The molecule has 0 radical (unpaired) electrons. The molecule has 118 valence electrons.